The highest BCUT2D eigenvalue weighted by Gasteiger charge is 2.10. The summed E-state index contributed by atoms with van der Waals surface area (Å²) < 4.78 is 5.02. The smallest absolute Gasteiger partial charge is 0.246 e. The van der Waals surface area contributed by atoms with Crippen LogP contribution >= 0.6 is 0 Å². The quantitative estimate of drug-likeness (QED) is 0.647. The molecule has 0 fully saturated rings. The first-order valence-corrected chi connectivity index (χ1v) is 4.06. The standard InChI is InChI=1S/C10H12N2O/c1-7-5-9(8(2)11-3)6-10(12-7)13-4/h5-6,8H,1-2,4H3. The molecular formula is C10H12N2O. The normalized spacial score (nSPS) is 11.8. The molecule has 3 nitrogen and oxygen atoms in total. The minimum atomic E-state index is -0.129. The van der Waals surface area contributed by atoms with Crippen molar-refractivity contribution in [3.05, 3.63) is 34.8 Å². The van der Waals surface area contributed by atoms with E-state index in [1.54, 1.807) is 13.2 Å². The Bertz CT molecular complexity index is 341. The number of pyridine rings is 1. The van der Waals surface area contributed by atoms with E-state index in [1.165, 1.54) is 0 Å². The maximum atomic E-state index is 6.91. The monoisotopic (exact) mass is 176 g/mol. The largest absolute Gasteiger partial charge is 0.481 e. The van der Waals surface area contributed by atoms with E-state index in [4.69, 9.17) is 11.3 Å². The molecule has 1 unspecified atom stereocenters. The number of methoxy groups -OCH3 is 1. The molecule has 0 radical (unpaired) electrons. The van der Waals surface area contributed by atoms with Crippen molar-refractivity contribution in [3.63, 3.8) is 0 Å². The highest BCUT2D eigenvalue weighted by atomic mass is 16.5. The van der Waals surface area contributed by atoms with Crippen molar-refractivity contribution >= 4 is 0 Å². The Hall–Kier alpha value is -1.56. The zero-order chi connectivity index (χ0) is 9.84. The molecule has 13 heavy (non-hydrogen) atoms. The van der Waals surface area contributed by atoms with Crippen LogP contribution in [0.5, 0.6) is 5.88 Å². The number of nitrogens with zero attached hydrogens (tertiary/aromatic N) is 2. The van der Waals surface area contributed by atoms with Crippen LogP contribution in [-0.4, -0.2) is 12.1 Å². The molecule has 0 saturated carbocycles. The summed E-state index contributed by atoms with van der Waals surface area (Å²) in [6, 6.07) is 3.58. The van der Waals surface area contributed by atoms with Gasteiger partial charge in [0.25, 0.3) is 0 Å². The van der Waals surface area contributed by atoms with E-state index >= 15 is 0 Å². The summed E-state index contributed by atoms with van der Waals surface area (Å²) in [5.74, 6) is 0.575. The fourth-order valence-electron chi connectivity index (χ4n) is 1.08. The van der Waals surface area contributed by atoms with Gasteiger partial charge in [-0.05, 0) is 13.0 Å². The van der Waals surface area contributed by atoms with Crippen molar-refractivity contribution in [1.82, 2.24) is 4.98 Å². The molecule has 68 valence electrons. The van der Waals surface area contributed by atoms with Gasteiger partial charge < -0.3 is 9.58 Å². The van der Waals surface area contributed by atoms with Crippen molar-refractivity contribution in [2.24, 2.45) is 0 Å². The molecule has 3 heteroatoms. The number of aryl methyl sites for hydroxylation is 1. The van der Waals surface area contributed by atoms with Crippen LogP contribution in [0.3, 0.4) is 0 Å². The zero-order valence-corrected chi connectivity index (χ0v) is 8.03. The third kappa shape index (κ3) is 2.19. The lowest BCUT2D eigenvalue weighted by Gasteiger charge is -2.04. The number of hydrogen-bond acceptors (Lipinski definition) is 2. The fraction of sp³-hybridized carbons (Fsp3) is 0.400. The lowest BCUT2D eigenvalue weighted by atomic mass is 10.1. The highest BCUT2D eigenvalue weighted by molar-refractivity contribution is 5.28. The first-order valence-electron chi connectivity index (χ1n) is 4.06. The minimum absolute atomic E-state index is 0.129. The number of aromatic nitrogens is 1. The van der Waals surface area contributed by atoms with Crippen LogP contribution in [0.2, 0.25) is 0 Å². The molecule has 0 aliphatic carbocycles. The second kappa shape index (κ2) is 3.90. The summed E-state index contributed by atoms with van der Waals surface area (Å²) in [4.78, 5) is 7.59. The van der Waals surface area contributed by atoms with Gasteiger partial charge in [0.1, 0.15) is 0 Å². The van der Waals surface area contributed by atoms with Gasteiger partial charge in [-0.2, -0.15) is 0 Å². The molecule has 0 aliphatic heterocycles. The SMILES string of the molecule is [C-]#[N+]C(C)c1cc(C)nc(OC)c1. The lowest BCUT2D eigenvalue weighted by molar-refractivity contribution is 0.396. The predicted octanol–water partition coefficient (Wildman–Crippen LogP) is 2.38. The van der Waals surface area contributed by atoms with Crippen molar-refractivity contribution in [3.8, 4) is 5.88 Å². The van der Waals surface area contributed by atoms with E-state index in [-0.39, 0.29) is 6.04 Å². The Morgan fingerprint density at radius 2 is 2.23 bits per heavy atom. The van der Waals surface area contributed by atoms with E-state index in [1.807, 2.05) is 19.9 Å². The fourth-order valence-corrected chi connectivity index (χ4v) is 1.08. The van der Waals surface area contributed by atoms with Gasteiger partial charge >= 0.3 is 0 Å². The number of rotatable bonds is 2. The van der Waals surface area contributed by atoms with Gasteiger partial charge in [0.15, 0.2) is 0 Å². The van der Waals surface area contributed by atoms with Crippen molar-refractivity contribution < 1.29 is 4.74 Å². The van der Waals surface area contributed by atoms with E-state index in [9.17, 15) is 0 Å². The van der Waals surface area contributed by atoms with Crippen LogP contribution in [0.15, 0.2) is 12.1 Å². The average Bonchev–Trinajstić information content (AvgIpc) is 2.15. The number of hydrogen-bond donors (Lipinski definition) is 0. The van der Waals surface area contributed by atoms with Crippen molar-refractivity contribution in [1.29, 1.82) is 0 Å². The molecule has 1 aromatic rings. The van der Waals surface area contributed by atoms with Gasteiger partial charge in [-0.25, -0.2) is 11.6 Å². The van der Waals surface area contributed by atoms with Gasteiger partial charge in [-0.1, -0.05) is 0 Å². The molecule has 0 N–H and O–H groups in total. The molecule has 0 saturated heterocycles. The molecule has 1 atom stereocenters. The first kappa shape index (κ1) is 9.53. The Labute approximate surface area is 78.2 Å². The average molecular weight is 176 g/mol. The molecule has 0 amide bonds. The lowest BCUT2D eigenvalue weighted by Crippen LogP contribution is -1.94. The van der Waals surface area contributed by atoms with E-state index in [0.29, 0.717) is 5.88 Å². The predicted molar refractivity (Wildman–Crippen MR) is 50.5 cm³/mol. The Balaban J connectivity index is 3.10. The topological polar surface area (TPSA) is 26.5 Å². The Morgan fingerprint density at radius 3 is 2.77 bits per heavy atom. The minimum Gasteiger partial charge on any atom is -0.481 e. The van der Waals surface area contributed by atoms with E-state index in [2.05, 4.69) is 9.83 Å². The van der Waals surface area contributed by atoms with Crippen LogP contribution in [0.1, 0.15) is 24.2 Å². The molecule has 0 spiro atoms. The maximum Gasteiger partial charge on any atom is 0.246 e. The van der Waals surface area contributed by atoms with Crippen molar-refractivity contribution in [2.75, 3.05) is 7.11 Å². The van der Waals surface area contributed by atoms with Crippen LogP contribution in [-0.2, 0) is 0 Å². The maximum absolute atomic E-state index is 6.91. The second-order valence-corrected chi connectivity index (χ2v) is 2.89. The molecule has 1 heterocycles. The van der Waals surface area contributed by atoms with Crippen LogP contribution in [0.4, 0.5) is 0 Å². The van der Waals surface area contributed by atoms with E-state index in [0.717, 1.165) is 11.3 Å². The Morgan fingerprint density at radius 1 is 1.54 bits per heavy atom. The summed E-state index contributed by atoms with van der Waals surface area (Å²) in [6.45, 7) is 10.7. The molecule has 0 bridgehead atoms. The Kier molecular flexibility index (Phi) is 2.86. The molecule has 1 aromatic heterocycles. The van der Waals surface area contributed by atoms with Gasteiger partial charge in [0.2, 0.25) is 11.9 Å². The van der Waals surface area contributed by atoms with Crippen molar-refractivity contribution in [2.45, 2.75) is 19.9 Å². The van der Waals surface area contributed by atoms with E-state index < -0.39 is 0 Å². The first-order chi connectivity index (χ1) is 6.17. The molecular weight excluding hydrogens is 164 g/mol. The summed E-state index contributed by atoms with van der Waals surface area (Å²) in [7, 11) is 1.58. The summed E-state index contributed by atoms with van der Waals surface area (Å²) in [6.07, 6.45) is 0. The summed E-state index contributed by atoms with van der Waals surface area (Å²) in [5, 5.41) is 0. The number of ether oxygens (including phenoxy) is 1. The van der Waals surface area contributed by atoms with Crippen LogP contribution in [0, 0.1) is 13.5 Å². The molecule has 0 aromatic carbocycles. The highest BCUT2D eigenvalue weighted by Crippen LogP contribution is 2.20. The van der Waals surface area contributed by atoms with Gasteiger partial charge in [-0.15, -0.1) is 0 Å². The van der Waals surface area contributed by atoms with Crippen LogP contribution in [0.25, 0.3) is 4.85 Å². The third-order valence-electron chi connectivity index (χ3n) is 1.84. The molecule has 0 aliphatic rings. The zero-order valence-electron chi connectivity index (χ0n) is 8.03. The van der Waals surface area contributed by atoms with Gasteiger partial charge in [0, 0.05) is 24.2 Å². The van der Waals surface area contributed by atoms with Crippen LogP contribution < -0.4 is 4.74 Å². The summed E-state index contributed by atoms with van der Waals surface area (Å²) in [5.41, 5.74) is 1.84. The van der Waals surface area contributed by atoms with Gasteiger partial charge in [-0.3, -0.25) is 0 Å². The van der Waals surface area contributed by atoms with Gasteiger partial charge in [0.05, 0.1) is 7.11 Å². The summed E-state index contributed by atoms with van der Waals surface area (Å²) >= 11 is 0. The molecule has 1 rings (SSSR count). The second-order valence-electron chi connectivity index (χ2n) is 2.89. The third-order valence-corrected chi connectivity index (χ3v) is 1.84.